The van der Waals surface area contributed by atoms with Gasteiger partial charge in [0, 0.05) is 18.8 Å². The minimum absolute atomic E-state index is 0.263. The van der Waals surface area contributed by atoms with Gasteiger partial charge in [-0.3, -0.25) is 0 Å². The van der Waals surface area contributed by atoms with Crippen molar-refractivity contribution in [3.8, 4) is 0 Å². The molecule has 0 radical (unpaired) electrons. The van der Waals surface area contributed by atoms with E-state index in [9.17, 15) is 13.2 Å². The van der Waals surface area contributed by atoms with Crippen LogP contribution in [0, 0.1) is 5.92 Å². The average Bonchev–Trinajstić information content (AvgIpc) is 2.36. The van der Waals surface area contributed by atoms with E-state index in [0.717, 1.165) is 32.0 Å². The molecule has 1 saturated heterocycles. The van der Waals surface area contributed by atoms with Gasteiger partial charge in [-0.2, -0.15) is 13.2 Å². The van der Waals surface area contributed by atoms with Crippen molar-refractivity contribution in [1.29, 1.82) is 0 Å². The Morgan fingerprint density at radius 3 is 2.80 bits per heavy atom. The number of rotatable bonds is 3. The van der Waals surface area contributed by atoms with Gasteiger partial charge in [-0.1, -0.05) is 11.6 Å². The summed E-state index contributed by atoms with van der Waals surface area (Å²) in [6.45, 7) is 2.76. The van der Waals surface area contributed by atoms with Crippen molar-refractivity contribution in [2.45, 2.75) is 19.0 Å². The van der Waals surface area contributed by atoms with Gasteiger partial charge in [-0.15, -0.1) is 0 Å². The van der Waals surface area contributed by atoms with E-state index in [1.54, 1.807) is 6.07 Å². The Morgan fingerprint density at radius 2 is 2.15 bits per heavy atom. The van der Waals surface area contributed by atoms with Crippen LogP contribution in [0.2, 0.25) is 5.02 Å². The predicted octanol–water partition coefficient (Wildman–Crippen LogP) is 4.11. The second-order valence-electron chi connectivity index (χ2n) is 5.34. The number of anilines is 1. The fraction of sp³-hybridized carbons (Fsp3) is 0.571. The molecule has 0 aromatic heterocycles. The maximum Gasteiger partial charge on any atom is 0.417 e. The van der Waals surface area contributed by atoms with E-state index < -0.39 is 11.7 Å². The van der Waals surface area contributed by atoms with Crippen molar-refractivity contribution >= 4 is 17.3 Å². The number of nitrogens with zero attached hydrogens (tertiary/aromatic N) is 1. The molecule has 1 aliphatic rings. The summed E-state index contributed by atoms with van der Waals surface area (Å²) < 4.78 is 38.3. The van der Waals surface area contributed by atoms with Crippen molar-refractivity contribution in [2.75, 3.05) is 32.0 Å². The fourth-order valence-corrected chi connectivity index (χ4v) is 2.78. The lowest BCUT2D eigenvalue weighted by Gasteiger charge is -2.30. The Hall–Kier alpha value is -0.940. The molecule has 0 amide bonds. The molecule has 1 unspecified atom stereocenters. The number of halogens is 4. The van der Waals surface area contributed by atoms with E-state index >= 15 is 0 Å². The Bertz CT molecular complexity index is 462. The van der Waals surface area contributed by atoms with Gasteiger partial charge in [0.1, 0.15) is 0 Å². The molecule has 1 atom stereocenters. The molecule has 1 aromatic carbocycles. The van der Waals surface area contributed by atoms with Gasteiger partial charge >= 0.3 is 6.18 Å². The summed E-state index contributed by atoms with van der Waals surface area (Å²) in [7, 11) is 2.07. The van der Waals surface area contributed by atoms with Crippen LogP contribution in [0.3, 0.4) is 0 Å². The minimum Gasteiger partial charge on any atom is -0.385 e. The van der Waals surface area contributed by atoms with Crippen LogP contribution in [0.25, 0.3) is 0 Å². The standard InChI is InChI=1S/C14H18ClF3N2/c1-20-6-2-3-10(9-20)8-19-11-4-5-13(15)12(7-11)14(16,17)18/h4-5,7,10,19H,2-3,6,8-9H2,1H3. The smallest absolute Gasteiger partial charge is 0.385 e. The third-order valence-electron chi connectivity index (χ3n) is 3.59. The van der Waals surface area contributed by atoms with Crippen LogP contribution in [0.5, 0.6) is 0 Å². The molecule has 0 bridgehead atoms. The van der Waals surface area contributed by atoms with E-state index in [1.165, 1.54) is 6.07 Å². The number of benzene rings is 1. The van der Waals surface area contributed by atoms with E-state index in [1.807, 2.05) is 0 Å². The van der Waals surface area contributed by atoms with E-state index in [-0.39, 0.29) is 5.02 Å². The van der Waals surface area contributed by atoms with Crippen LogP contribution in [-0.4, -0.2) is 31.6 Å². The van der Waals surface area contributed by atoms with Crippen LogP contribution >= 0.6 is 11.6 Å². The van der Waals surface area contributed by atoms with Crippen molar-refractivity contribution in [3.63, 3.8) is 0 Å². The van der Waals surface area contributed by atoms with Crippen LogP contribution in [0.1, 0.15) is 18.4 Å². The number of hydrogen-bond acceptors (Lipinski definition) is 2. The molecule has 20 heavy (non-hydrogen) atoms. The highest BCUT2D eigenvalue weighted by Crippen LogP contribution is 2.36. The first-order chi connectivity index (χ1) is 9.36. The molecule has 2 nitrogen and oxygen atoms in total. The van der Waals surface area contributed by atoms with Gasteiger partial charge in [0.15, 0.2) is 0 Å². The van der Waals surface area contributed by atoms with Gasteiger partial charge < -0.3 is 10.2 Å². The zero-order valence-corrected chi connectivity index (χ0v) is 12.1. The normalized spacial score (nSPS) is 20.9. The fourth-order valence-electron chi connectivity index (χ4n) is 2.55. The van der Waals surface area contributed by atoms with Gasteiger partial charge in [-0.25, -0.2) is 0 Å². The summed E-state index contributed by atoms with van der Waals surface area (Å²) in [5, 5.41) is 2.83. The summed E-state index contributed by atoms with van der Waals surface area (Å²) in [6.07, 6.45) is -2.17. The predicted molar refractivity (Wildman–Crippen MR) is 75.2 cm³/mol. The maximum absolute atomic E-state index is 12.8. The Morgan fingerprint density at radius 1 is 1.40 bits per heavy atom. The van der Waals surface area contributed by atoms with Crippen LogP contribution in [0.15, 0.2) is 18.2 Å². The topological polar surface area (TPSA) is 15.3 Å². The minimum atomic E-state index is -4.42. The largest absolute Gasteiger partial charge is 0.417 e. The number of nitrogens with one attached hydrogen (secondary N) is 1. The maximum atomic E-state index is 12.8. The van der Waals surface area contributed by atoms with Crippen LogP contribution < -0.4 is 5.32 Å². The van der Waals surface area contributed by atoms with Crippen molar-refractivity contribution < 1.29 is 13.2 Å². The molecule has 0 aliphatic carbocycles. The summed E-state index contributed by atoms with van der Waals surface area (Å²) in [4.78, 5) is 2.25. The summed E-state index contributed by atoms with van der Waals surface area (Å²) in [5.41, 5.74) is -0.320. The first-order valence-corrected chi connectivity index (χ1v) is 7.03. The Labute approximate surface area is 121 Å². The second-order valence-corrected chi connectivity index (χ2v) is 5.75. The van der Waals surface area contributed by atoms with E-state index in [4.69, 9.17) is 11.6 Å². The number of piperidine rings is 1. The number of hydrogen-bond donors (Lipinski definition) is 1. The number of alkyl halides is 3. The molecule has 1 aromatic rings. The molecule has 112 valence electrons. The zero-order valence-electron chi connectivity index (χ0n) is 11.3. The van der Waals surface area contributed by atoms with Gasteiger partial charge in [0.2, 0.25) is 0 Å². The lowest BCUT2D eigenvalue weighted by atomic mass is 9.98. The first-order valence-electron chi connectivity index (χ1n) is 6.65. The molecular formula is C14H18ClF3N2. The molecule has 1 heterocycles. The first kappa shape index (κ1) is 15.4. The third-order valence-corrected chi connectivity index (χ3v) is 3.92. The number of likely N-dealkylation sites (tertiary alicyclic amines) is 1. The quantitative estimate of drug-likeness (QED) is 0.904. The molecule has 0 saturated carbocycles. The molecular weight excluding hydrogens is 289 g/mol. The van der Waals surface area contributed by atoms with Gasteiger partial charge in [0.25, 0.3) is 0 Å². The monoisotopic (exact) mass is 306 g/mol. The lowest BCUT2D eigenvalue weighted by molar-refractivity contribution is -0.137. The molecule has 2 rings (SSSR count). The van der Waals surface area contributed by atoms with E-state index in [2.05, 4.69) is 17.3 Å². The van der Waals surface area contributed by atoms with Crippen molar-refractivity contribution in [1.82, 2.24) is 4.90 Å². The highest BCUT2D eigenvalue weighted by molar-refractivity contribution is 6.31. The van der Waals surface area contributed by atoms with Crippen LogP contribution in [-0.2, 0) is 6.18 Å². The second kappa shape index (κ2) is 6.22. The lowest BCUT2D eigenvalue weighted by Crippen LogP contribution is -2.35. The zero-order chi connectivity index (χ0) is 14.8. The Balaban J connectivity index is 1.99. The van der Waals surface area contributed by atoms with Crippen molar-refractivity contribution in [3.05, 3.63) is 28.8 Å². The third kappa shape index (κ3) is 4.03. The summed E-state index contributed by atoms with van der Waals surface area (Å²) >= 11 is 5.59. The molecule has 1 aliphatic heterocycles. The summed E-state index contributed by atoms with van der Waals surface area (Å²) in [6, 6.07) is 3.96. The highest BCUT2D eigenvalue weighted by Gasteiger charge is 2.33. The molecule has 1 fully saturated rings. The molecule has 0 spiro atoms. The van der Waals surface area contributed by atoms with E-state index in [0.29, 0.717) is 18.2 Å². The molecule has 6 heteroatoms. The SMILES string of the molecule is CN1CCCC(CNc2ccc(Cl)c(C(F)(F)F)c2)C1. The highest BCUT2D eigenvalue weighted by atomic mass is 35.5. The molecule has 1 N–H and O–H groups in total. The van der Waals surface area contributed by atoms with Crippen LogP contribution in [0.4, 0.5) is 18.9 Å². The summed E-state index contributed by atoms with van der Waals surface area (Å²) in [5.74, 6) is 0.471. The van der Waals surface area contributed by atoms with Gasteiger partial charge in [-0.05, 0) is 50.6 Å². The van der Waals surface area contributed by atoms with Crippen molar-refractivity contribution in [2.24, 2.45) is 5.92 Å². The van der Waals surface area contributed by atoms with Gasteiger partial charge in [0.05, 0.1) is 10.6 Å². The average molecular weight is 307 g/mol. The Kier molecular flexibility index (Phi) is 4.81.